The Morgan fingerprint density at radius 1 is 0.641 bits per heavy atom. The van der Waals surface area contributed by atoms with Gasteiger partial charge in [-0.25, -0.2) is 0 Å². The van der Waals surface area contributed by atoms with Crippen LogP contribution in [0.5, 0.6) is 5.75 Å². The molecule has 3 nitrogen and oxygen atoms in total. The molecule has 0 aliphatic carbocycles. The van der Waals surface area contributed by atoms with Crippen molar-refractivity contribution >= 4 is 11.4 Å². The molecule has 194 valence electrons. The molecule has 1 aliphatic rings. The largest absolute Gasteiger partial charge is 0.507 e. The van der Waals surface area contributed by atoms with Gasteiger partial charge in [0.25, 0.3) is 0 Å². The minimum absolute atomic E-state index is 0.126. The molecule has 0 amide bonds. The van der Waals surface area contributed by atoms with E-state index in [1.807, 2.05) is 18.2 Å². The highest BCUT2D eigenvalue weighted by Crippen LogP contribution is 2.43. The number of anilines is 1. The van der Waals surface area contributed by atoms with Gasteiger partial charge in [-0.2, -0.15) is 0 Å². The molecule has 6 rings (SSSR count). The molecule has 3 heteroatoms. The van der Waals surface area contributed by atoms with Crippen LogP contribution in [-0.4, -0.2) is 11.8 Å². The van der Waals surface area contributed by atoms with Gasteiger partial charge in [0, 0.05) is 22.4 Å². The highest BCUT2D eigenvalue weighted by Gasteiger charge is 2.48. The fourth-order valence-electron chi connectivity index (χ4n) is 6.61. The number of rotatable bonds is 5. The zero-order valence-corrected chi connectivity index (χ0v) is 22.8. The molecule has 5 aromatic rings. The van der Waals surface area contributed by atoms with Gasteiger partial charge in [-0.15, -0.1) is 0 Å². The Bertz CT molecular complexity index is 1570. The van der Waals surface area contributed by atoms with E-state index in [1.165, 1.54) is 44.1 Å². The SMILES string of the molecule is Cc1cc(C)c(N2C[NH+](c3ccccc3-c3ccccc3O)[C@@H](c3ccccc3)[C@@H]2c2ccccc2)c(C)c1. The summed E-state index contributed by atoms with van der Waals surface area (Å²) in [6, 6.07) is 43.0. The van der Waals surface area contributed by atoms with Gasteiger partial charge in [0.2, 0.25) is 0 Å². The number of quaternary nitrogens is 1. The molecule has 2 N–H and O–H groups in total. The first-order chi connectivity index (χ1) is 19.0. The van der Waals surface area contributed by atoms with E-state index < -0.39 is 0 Å². The summed E-state index contributed by atoms with van der Waals surface area (Å²) in [7, 11) is 0. The van der Waals surface area contributed by atoms with Crippen LogP contribution in [0.1, 0.15) is 39.9 Å². The number of aromatic hydroxyl groups is 1. The summed E-state index contributed by atoms with van der Waals surface area (Å²) in [5, 5.41) is 10.9. The molecule has 0 radical (unpaired) electrons. The molecule has 1 heterocycles. The number of nitrogens with one attached hydrogen (secondary N) is 1. The lowest BCUT2D eigenvalue weighted by molar-refractivity contribution is -0.852. The summed E-state index contributed by atoms with van der Waals surface area (Å²) in [5.74, 6) is 0.307. The van der Waals surface area contributed by atoms with Crippen LogP contribution in [-0.2, 0) is 0 Å². The van der Waals surface area contributed by atoms with Crippen molar-refractivity contribution in [1.29, 1.82) is 0 Å². The molecule has 0 spiro atoms. The fraction of sp³-hybridized carbons (Fsp3) is 0.167. The Hall–Kier alpha value is -4.34. The van der Waals surface area contributed by atoms with Crippen LogP contribution in [0, 0.1) is 20.8 Å². The van der Waals surface area contributed by atoms with E-state index in [0.29, 0.717) is 5.75 Å². The average Bonchev–Trinajstić information content (AvgIpc) is 3.33. The maximum Gasteiger partial charge on any atom is 0.158 e. The molecule has 0 aromatic heterocycles. The molecule has 1 unspecified atom stereocenters. The Labute approximate surface area is 231 Å². The second-order valence-corrected chi connectivity index (χ2v) is 10.7. The molecule has 1 fully saturated rings. The maximum atomic E-state index is 10.9. The number of hydrogen-bond acceptors (Lipinski definition) is 2. The van der Waals surface area contributed by atoms with E-state index in [2.05, 4.69) is 123 Å². The Morgan fingerprint density at radius 2 is 1.18 bits per heavy atom. The standard InChI is InChI=1S/C36H34N2O/c1-25-22-26(2)34(27(3)23-25)38-24-37(32-20-12-10-18-30(32)31-19-11-13-21-33(31)39)35(28-14-6-4-7-15-28)36(38)29-16-8-5-9-17-29/h4-23,35-36,39H,24H2,1-3H3/p+1/t35-,36-/m0/s1. The highest BCUT2D eigenvalue weighted by atomic mass is 16.3. The van der Waals surface area contributed by atoms with Gasteiger partial charge in [0.1, 0.15) is 23.5 Å². The molecular weight excluding hydrogens is 476 g/mol. The second kappa shape index (κ2) is 10.4. The van der Waals surface area contributed by atoms with Gasteiger partial charge in [0.15, 0.2) is 6.67 Å². The van der Waals surface area contributed by atoms with Gasteiger partial charge >= 0.3 is 0 Å². The third-order valence-electron chi connectivity index (χ3n) is 8.06. The molecule has 39 heavy (non-hydrogen) atoms. The Balaban J connectivity index is 1.60. The fourth-order valence-corrected chi connectivity index (χ4v) is 6.61. The minimum Gasteiger partial charge on any atom is -0.507 e. The first-order valence-corrected chi connectivity index (χ1v) is 13.7. The van der Waals surface area contributed by atoms with E-state index in [1.54, 1.807) is 6.07 Å². The first-order valence-electron chi connectivity index (χ1n) is 13.7. The number of phenolic OH excluding ortho intramolecular Hbond substituents is 1. The lowest BCUT2D eigenvalue weighted by Crippen LogP contribution is -3.06. The van der Waals surface area contributed by atoms with E-state index >= 15 is 0 Å². The molecule has 5 aromatic carbocycles. The highest BCUT2D eigenvalue weighted by molar-refractivity contribution is 5.78. The van der Waals surface area contributed by atoms with E-state index in [4.69, 9.17) is 0 Å². The molecule has 0 saturated carbocycles. The number of nitrogens with zero attached hydrogens (tertiary/aromatic N) is 1. The topological polar surface area (TPSA) is 27.9 Å². The van der Waals surface area contributed by atoms with Gasteiger partial charge in [-0.1, -0.05) is 109 Å². The van der Waals surface area contributed by atoms with E-state index in [9.17, 15) is 5.11 Å². The predicted octanol–water partition coefficient (Wildman–Crippen LogP) is 7.46. The molecular formula is C36H35N2O+. The van der Waals surface area contributed by atoms with Crippen LogP contribution >= 0.6 is 0 Å². The number of para-hydroxylation sites is 2. The molecule has 1 saturated heterocycles. The van der Waals surface area contributed by atoms with Crippen LogP contribution in [0.3, 0.4) is 0 Å². The number of phenols is 1. The summed E-state index contributed by atoms with van der Waals surface area (Å²) in [4.78, 5) is 3.99. The van der Waals surface area contributed by atoms with Gasteiger partial charge in [0.05, 0.1) is 0 Å². The van der Waals surface area contributed by atoms with Crippen molar-refractivity contribution in [3.8, 4) is 16.9 Å². The van der Waals surface area contributed by atoms with Crippen LogP contribution in [0.4, 0.5) is 11.4 Å². The van der Waals surface area contributed by atoms with Crippen molar-refractivity contribution < 1.29 is 10.0 Å². The predicted molar refractivity (Wildman–Crippen MR) is 161 cm³/mol. The minimum atomic E-state index is 0.126. The van der Waals surface area contributed by atoms with Gasteiger partial charge in [-0.05, 0) is 55.7 Å². The number of aryl methyl sites for hydroxylation is 3. The normalized spacial score (nSPS) is 18.8. The van der Waals surface area contributed by atoms with Crippen molar-refractivity contribution in [2.75, 3.05) is 11.6 Å². The van der Waals surface area contributed by atoms with Crippen molar-refractivity contribution in [2.45, 2.75) is 32.9 Å². The van der Waals surface area contributed by atoms with Crippen LogP contribution < -0.4 is 9.80 Å². The third-order valence-corrected chi connectivity index (χ3v) is 8.06. The Morgan fingerprint density at radius 3 is 1.82 bits per heavy atom. The van der Waals surface area contributed by atoms with Gasteiger partial charge in [-0.3, -0.25) is 4.90 Å². The number of benzene rings is 5. The second-order valence-electron chi connectivity index (χ2n) is 10.7. The van der Waals surface area contributed by atoms with Gasteiger partial charge < -0.3 is 10.0 Å². The Kier molecular flexibility index (Phi) is 6.68. The summed E-state index contributed by atoms with van der Waals surface area (Å²) in [5.41, 5.74) is 10.9. The maximum absolute atomic E-state index is 10.9. The van der Waals surface area contributed by atoms with E-state index in [0.717, 1.165) is 17.8 Å². The molecule has 0 bridgehead atoms. The first kappa shape index (κ1) is 25.0. The lowest BCUT2D eigenvalue weighted by Gasteiger charge is -2.29. The summed E-state index contributed by atoms with van der Waals surface area (Å²) in [6.07, 6.45) is 0. The van der Waals surface area contributed by atoms with Crippen molar-refractivity contribution in [2.24, 2.45) is 0 Å². The molecule has 3 atom stereocenters. The number of hydrogen-bond donors (Lipinski definition) is 2. The van der Waals surface area contributed by atoms with Crippen LogP contribution in [0.2, 0.25) is 0 Å². The van der Waals surface area contributed by atoms with Crippen LogP contribution in [0.15, 0.2) is 121 Å². The van der Waals surface area contributed by atoms with Crippen molar-refractivity contribution in [1.82, 2.24) is 0 Å². The monoisotopic (exact) mass is 511 g/mol. The zero-order chi connectivity index (χ0) is 26.9. The van der Waals surface area contributed by atoms with Crippen LogP contribution in [0.25, 0.3) is 11.1 Å². The summed E-state index contributed by atoms with van der Waals surface area (Å²) < 4.78 is 0. The van der Waals surface area contributed by atoms with E-state index in [-0.39, 0.29) is 12.1 Å². The van der Waals surface area contributed by atoms with Crippen molar-refractivity contribution in [3.05, 3.63) is 149 Å². The van der Waals surface area contributed by atoms with Crippen molar-refractivity contribution in [3.63, 3.8) is 0 Å². The smallest absolute Gasteiger partial charge is 0.158 e. The lowest BCUT2D eigenvalue weighted by atomic mass is 9.91. The quantitative estimate of drug-likeness (QED) is 0.256. The summed E-state index contributed by atoms with van der Waals surface area (Å²) in [6.45, 7) is 7.45. The zero-order valence-electron chi connectivity index (χ0n) is 22.8. The average molecular weight is 512 g/mol. The molecule has 1 aliphatic heterocycles. The summed E-state index contributed by atoms with van der Waals surface area (Å²) >= 11 is 0. The third kappa shape index (κ3) is 4.60.